The van der Waals surface area contributed by atoms with Crippen LogP contribution in [0.15, 0.2) is 58.1 Å². The van der Waals surface area contributed by atoms with E-state index < -0.39 is 35.3 Å². The molecule has 0 bridgehead atoms. The lowest BCUT2D eigenvalue weighted by atomic mass is 10.2. The maximum absolute atomic E-state index is 12.7. The Hall–Kier alpha value is -4.09. The summed E-state index contributed by atoms with van der Waals surface area (Å²) >= 11 is 0. The number of benzene rings is 2. The van der Waals surface area contributed by atoms with Crippen molar-refractivity contribution < 1.29 is 22.7 Å². The van der Waals surface area contributed by atoms with Crippen LogP contribution in [0.1, 0.15) is 12.5 Å². The Morgan fingerprint density at radius 2 is 1.71 bits per heavy atom. The van der Waals surface area contributed by atoms with Gasteiger partial charge in [-0.25, -0.2) is 4.68 Å². The minimum atomic E-state index is -4.50. The number of nitrogens with zero attached hydrogens (tertiary/aromatic N) is 4. The summed E-state index contributed by atoms with van der Waals surface area (Å²) in [5.41, 5.74) is -1.81. The number of nitrogens with one attached hydrogen (secondary N) is 1. The molecular weight excluding hydrogens is 455 g/mol. The van der Waals surface area contributed by atoms with Gasteiger partial charge in [0.05, 0.1) is 12.2 Å². The van der Waals surface area contributed by atoms with E-state index in [-0.39, 0.29) is 18.2 Å². The van der Waals surface area contributed by atoms with Crippen LogP contribution in [-0.2, 0) is 24.1 Å². The summed E-state index contributed by atoms with van der Waals surface area (Å²) in [6.07, 6.45) is -4.50. The van der Waals surface area contributed by atoms with E-state index in [1.165, 1.54) is 4.57 Å². The summed E-state index contributed by atoms with van der Waals surface area (Å²) in [5, 5.41) is 6.61. The molecule has 0 unspecified atom stereocenters. The lowest BCUT2D eigenvalue weighted by Gasteiger charge is -2.18. The van der Waals surface area contributed by atoms with Crippen LogP contribution in [-0.4, -0.2) is 33.4 Å². The molecule has 4 rings (SSSR count). The fraction of sp³-hybridized carbons (Fsp3) is 0.273. The largest absolute Gasteiger partial charge is 0.494 e. The van der Waals surface area contributed by atoms with Gasteiger partial charge in [-0.15, -0.1) is 5.10 Å². The van der Waals surface area contributed by atoms with E-state index in [2.05, 4.69) is 10.4 Å². The highest BCUT2D eigenvalue weighted by molar-refractivity contribution is 5.90. The van der Waals surface area contributed by atoms with E-state index in [9.17, 15) is 27.6 Å². The number of carbonyl (C=O) groups is 1. The van der Waals surface area contributed by atoms with E-state index in [0.717, 1.165) is 34.6 Å². The molecule has 1 aliphatic rings. The van der Waals surface area contributed by atoms with E-state index >= 15 is 0 Å². The zero-order valence-electron chi connectivity index (χ0n) is 18.0. The van der Waals surface area contributed by atoms with Gasteiger partial charge in [-0.3, -0.25) is 19.0 Å². The van der Waals surface area contributed by atoms with E-state index in [4.69, 9.17) is 4.74 Å². The van der Waals surface area contributed by atoms with E-state index in [1.807, 2.05) is 6.92 Å². The van der Waals surface area contributed by atoms with Crippen molar-refractivity contribution in [3.8, 4) is 5.75 Å². The summed E-state index contributed by atoms with van der Waals surface area (Å²) in [4.78, 5) is 39.2. The molecule has 0 atom stereocenters. The van der Waals surface area contributed by atoms with Crippen molar-refractivity contribution in [2.45, 2.75) is 26.2 Å². The molecule has 178 valence electrons. The highest BCUT2D eigenvalue weighted by Gasteiger charge is 2.30. The first-order valence-corrected chi connectivity index (χ1v) is 10.4. The highest BCUT2D eigenvalue weighted by Crippen LogP contribution is 2.30. The zero-order valence-corrected chi connectivity index (χ0v) is 18.0. The number of alkyl halides is 3. The molecule has 12 heteroatoms. The maximum Gasteiger partial charge on any atom is 0.416 e. The first-order valence-electron chi connectivity index (χ1n) is 10.4. The average Bonchev–Trinajstić information content (AvgIpc) is 3.21. The highest BCUT2D eigenvalue weighted by atomic mass is 19.4. The van der Waals surface area contributed by atoms with Crippen LogP contribution in [0.3, 0.4) is 0 Å². The fourth-order valence-electron chi connectivity index (χ4n) is 3.55. The summed E-state index contributed by atoms with van der Waals surface area (Å²) in [5.74, 6) is 0.168. The van der Waals surface area contributed by atoms with Crippen LogP contribution in [0.5, 0.6) is 5.75 Å². The van der Waals surface area contributed by atoms with Crippen LogP contribution in [0.25, 0.3) is 0 Å². The standard InChI is InChI=1S/C22H20F3N5O4/c1-2-34-17-9-7-16(8-10-17)28-11-12-29-19(32)20(33)30(27-21(28)29)13-18(31)26-15-5-3-14(4-6-15)22(23,24)25/h3-10H,2,11-13H2,1H3,(H,26,31). The lowest BCUT2D eigenvalue weighted by molar-refractivity contribution is -0.137. The molecule has 0 saturated carbocycles. The summed E-state index contributed by atoms with van der Waals surface area (Å²) < 4.78 is 45.5. The lowest BCUT2D eigenvalue weighted by Crippen LogP contribution is -2.44. The number of hydrogen-bond acceptors (Lipinski definition) is 6. The molecule has 1 N–H and O–H groups in total. The number of halogens is 3. The third-order valence-electron chi connectivity index (χ3n) is 5.15. The van der Waals surface area contributed by atoms with Gasteiger partial charge < -0.3 is 15.0 Å². The monoisotopic (exact) mass is 475 g/mol. The van der Waals surface area contributed by atoms with E-state index in [0.29, 0.717) is 18.9 Å². The molecule has 9 nitrogen and oxygen atoms in total. The number of carbonyl (C=O) groups excluding carboxylic acids is 1. The minimum Gasteiger partial charge on any atom is -0.494 e. The fourth-order valence-corrected chi connectivity index (χ4v) is 3.55. The Bertz CT molecular complexity index is 1310. The van der Waals surface area contributed by atoms with Crippen molar-refractivity contribution in [2.75, 3.05) is 23.4 Å². The molecule has 0 saturated heterocycles. The second kappa shape index (κ2) is 9.04. The molecule has 0 radical (unpaired) electrons. The van der Waals surface area contributed by atoms with Gasteiger partial charge in [0.15, 0.2) is 0 Å². The van der Waals surface area contributed by atoms with Crippen molar-refractivity contribution in [1.29, 1.82) is 0 Å². The first kappa shape index (κ1) is 23.1. The van der Waals surface area contributed by atoms with Gasteiger partial charge in [0, 0.05) is 24.5 Å². The van der Waals surface area contributed by atoms with Gasteiger partial charge in [0.1, 0.15) is 12.3 Å². The zero-order chi connectivity index (χ0) is 24.5. The SMILES string of the molecule is CCOc1ccc(N2CCn3c2nn(CC(=O)Nc2ccc(C(F)(F)F)cc2)c(=O)c3=O)cc1. The summed E-state index contributed by atoms with van der Waals surface area (Å²) in [7, 11) is 0. The third kappa shape index (κ3) is 4.65. The van der Waals surface area contributed by atoms with Gasteiger partial charge in [-0.05, 0) is 55.5 Å². The Morgan fingerprint density at radius 1 is 1.03 bits per heavy atom. The van der Waals surface area contributed by atoms with Crippen LogP contribution >= 0.6 is 0 Å². The summed E-state index contributed by atoms with van der Waals surface area (Å²) in [6.45, 7) is 2.46. The van der Waals surface area contributed by atoms with E-state index in [1.54, 1.807) is 29.2 Å². The number of hydrogen-bond donors (Lipinski definition) is 1. The molecule has 34 heavy (non-hydrogen) atoms. The normalized spacial score (nSPS) is 13.0. The maximum atomic E-state index is 12.7. The van der Waals surface area contributed by atoms with Crippen LogP contribution < -0.4 is 26.1 Å². The Morgan fingerprint density at radius 3 is 2.32 bits per heavy atom. The molecule has 1 aromatic heterocycles. The molecule has 0 aliphatic carbocycles. The number of amides is 1. The number of rotatable bonds is 6. The van der Waals surface area contributed by atoms with Crippen LogP contribution in [0.2, 0.25) is 0 Å². The number of anilines is 3. The smallest absolute Gasteiger partial charge is 0.416 e. The molecule has 1 aliphatic heterocycles. The van der Waals surface area contributed by atoms with Crippen molar-refractivity contribution in [1.82, 2.24) is 14.3 Å². The third-order valence-corrected chi connectivity index (χ3v) is 5.15. The second-order valence-electron chi connectivity index (χ2n) is 7.42. The summed E-state index contributed by atoms with van der Waals surface area (Å²) in [6, 6.07) is 11.0. The predicted octanol–water partition coefficient (Wildman–Crippen LogP) is 2.61. The van der Waals surface area contributed by atoms with Crippen molar-refractivity contribution in [2.24, 2.45) is 0 Å². The number of ether oxygens (including phenoxy) is 1. The van der Waals surface area contributed by atoms with Crippen LogP contribution in [0.4, 0.5) is 30.5 Å². The Balaban J connectivity index is 1.55. The van der Waals surface area contributed by atoms with Crippen LogP contribution in [0, 0.1) is 0 Å². The molecule has 2 aromatic carbocycles. The number of fused-ring (bicyclic) bond motifs is 1. The Kier molecular flexibility index (Phi) is 6.14. The van der Waals surface area contributed by atoms with Gasteiger partial charge in [0.25, 0.3) is 0 Å². The van der Waals surface area contributed by atoms with Crippen molar-refractivity contribution >= 4 is 23.2 Å². The Labute approximate surface area is 191 Å². The molecular formula is C22H20F3N5O4. The first-order chi connectivity index (χ1) is 16.2. The van der Waals surface area contributed by atoms with Crippen molar-refractivity contribution in [3.63, 3.8) is 0 Å². The van der Waals surface area contributed by atoms with Gasteiger partial charge in [-0.1, -0.05) is 0 Å². The number of aromatic nitrogens is 3. The van der Waals surface area contributed by atoms with Gasteiger partial charge in [-0.2, -0.15) is 13.2 Å². The second-order valence-corrected chi connectivity index (χ2v) is 7.42. The molecule has 2 heterocycles. The van der Waals surface area contributed by atoms with Gasteiger partial charge >= 0.3 is 17.3 Å². The topological polar surface area (TPSA) is 98.5 Å². The average molecular weight is 475 g/mol. The quantitative estimate of drug-likeness (QED) is 0.551. The molecule has 0 fully saturated rings. The van der Waals surface area contributed by atoms with Gasteiger partial charge in [0.2, 0.25) is 11.9 Å². The molecule has 1 amide bonds. The van der Waals surface area contributed by atoms with Crippen molar-refractivity contribution in [3.05, 3.63) is 74.8 Å². The molecule has 0 spiro atoms. The molecule has 3 aromatic rings. The minimum absolute atomic E-state index is 0.111. The predicted molar refractivity (Wildman–Crippen MR) is 117 cm³/mol.